The van der Waals surface area contributed by atoms with Gasteiger partial charge < -0.3 is 9.80 Å². The number of aromatic nitrogens is 2. The van der Waals surface area contributed by atoms with Gasteiger partial charge in [0.1, 0.15) is 5.82 Å². The van der Waals surface area contributed by atoms with Crippen LogP contribution in [0.4, 0.5) is 0 Å². The van der Waals surface area contributed by atoms with Crippen molar-refractivity contribution in [3.05, 3.63) is 22.8 Å². The lowest BCUT2D eigenvalue weighted by molar-refractivity contribution is -0.133. The molecule has 2 amide bonds. The van der Waals surface area contributed by atoms with Crippen molar-refractivity contribution in [3.63, 3.8) is 0 Å². The molecule has 2 saturated heterocycles. The normalized spacial score (nSPS) is 22.3. The van der Waals surface area contributed by atoms with Crippen molar-refractivity contribution in [2.45, 2.75) is 90.4 Å². The average molecular weight is 427 g/mol. The van der Waals surface area contributed by atoms with Crippen LogP contribution < -0.4 is 0 Å². The lowest BCUT2D eigenvalue weighted by Crippen LogP contribution is -2.39. The molecule has 0 radical (unpaired) electrons. The van der Waals surface area contributed by atoms with Crippen LogP contribution in [0.2, 0.25) is 0 Å². The van der Waals surface area contributed by atoms with Crippen LogP contribution in [-0.2, 0) is 16.0 Å². The third kappa shape index (κ3) is 5.45. The van der Waals surface area contributed by atoms with Crippen molar-refractivity contribution in [1.82, 2.24) is 19.8 Å². The van der Waals surface area contributed by atoms with Gasteiger partial charge in [-0.2, -0.15) is 0 Å². The SMILES string of the molecule is Cc1nc([C@@H]2CCCN(C(=O)CCC3CCCC3)C2)nc(C)c1CC(=O)N1CCCC1. The van der Waals surface area contributed by atoms with Crippen molar-refractivity contribution < 1.29 is 9.59 Å². The molecule has 4 rings (SSSR count). The molecule has 6 heteroatoms. The quantitative estimate of drug-likeness (QED) is 0.691. The van der Waals surface area contributed by atoms with E-state index in [1.54, 1.807) is 0 Å². The molecule has 1 aromatic heterocycles. The number of aryl methyl sites for hydroxylation is 2. The smallest absolute Gasteiger partial charge is 0.227 e. The van der Waals surface area contributed by atoms with E-state index in [1.165, 1.54) is 25.7 Å². The van der Waals surface area contributed by atoms with E-state index in [0.717, 1.165) is 87.0 Å². The minimum Gasteiger partial charge on any atom is -0.342 e. The van der Waals surface area contributed by atoms with Crippen molar-refractivity contribution in [3.8, 4) is 0 Å². The van der Waals surface area contributed by atoms with Gasteiger partial charge in [0.25, 0.3) is 0 Å². The Bertz CT molecular complexity index is 774. The molecule has 1 atom stereocenters. The molecular weight excluding hydrogens is 388 g/mol. The molecule has 0 unspecified atom stereocenters. The molecule has 0 N–H and O–H groups in total. The van der Waals surface area contributed by atoms with E-state index in [-0.39, 0.29) is 11.8 Å². The average Bonchev–Trinajstić information content (AvgIpc) is 3.49. The van der Waals surface area contributed by atoms with Crippen LogP contribution in [0.15, 0.2) is 0 Å². The maximum atomic E-state index is 12.8. The molecule has 0 aromatic carbocycles. The topological polar surface area (TPSA) is 66.4 Å². The number of nitrogens with zero attached hydrogens (tertiary/aromatic N) is 4. The second-order valence-corrected chi connectivity index (χ2v) is 9.86. The van der Waals surface area contributed by atoms with Crippen molar-refractivity contribution in [2.24, 2.45) is 5.92 Å². The van der Waals surface area contributed by atoms with E-state index >= 15 is 0 Å². The molecule has 2 aliphatic heterocycles. The maximum absolute atomic E-state index is 12.8. The Morgan fingerprint density at radius 2 is 1.48 bits per heavy atom. The highest BCUT2D eigenvalue weighted by Gasteiger charge is 2.28. The van der Waals surface area contributed by atoms with Crippen molar-refractivity contribution in [2.75, 3.05) is 26.2 Å². The summed E-state index contributed by atoms with van der Waals surface area (Å²) in [4.78, 5) is 39.1. The summed E-state index contributed by atoms with van der Waals surface area (Å²) in [5.41, 5.74) is 2.81. The molecule has 6 nitrogen and oxygen atoms in total. The van der Waals surface area contributed by atoms with E-state index in [0.29, 0.717) is 18.7 Å². The summed E-state index contributed by atoms with van der Waals surface area (Å²) in [6.45, 7) is 7.34. The van der Waals surface area contributed by atoms with Gasteiger partial charge in [-0.25, -0.2) is 9.97 Å². The zero-order chi connectivity index (χ0) is 21.8. The number of likely N-dealkylation sites (tertiary alicyclic amines) is 2. The second-order valence-electron chi connectivity index (χ2n) is 9.86. The number of amides is 2. The first-order valence-electron chi connectivity index (χ1n) is 12.4. The largest absolute Gasteiger partial charge is 0.342 e. The highest BCUT2D eigenvalue weighted by Crippen LogP contribution is 2.30. The van der Waals surface area contributed by atoms with Gasteiger partial charge in [0.2, 0.25) is 11.8 Å². The summed E-state index contributed by atoms with van der Waals surface area (Å²) >= 11 is 0. The zero-order valence-electron chi connectivity index (χ0n) is 19.4. The Morgan fingerprint density at radius 1 is 0.839 bits per heavy atom. The fraction of sp³-hybridized carbons (Fsp3) is 0.760. The first kappa shape index (κ1) is 22.2. The van der Waals surface area contributed by atoms with Crippen LogP contribution in [0.1, 0.15) is 92.9 Å². The Labute approximate surface area is 186 Å². The predicted octanol–water partition coefficient (Wildman–Crippen LogP) is 3.93. The van der Waals surface area contributed by atoms with Gasteiger partial charge >= 0.3 is 0 Å². The van der Waals surface area contributed by atoms with Gasteiger partial charge in [0.15, 0.2) is 0 Å². The molecule has 1 aromatic rings. The summed E-state index contributed by atoms with van der Waals surface area (Å²) in [7, 11) is 0. The van der Waals surface area contributed by atoms with Crippen LogP contribution in [0.5, 0.6) is 0 Å². The van der Waals surface area contributed by atoms with E-state index in [4.69, 9.17) is 9.97 Å². The molecule has 31 heavy (non-hydrogen) atoms. The molecule has 3 heterocycles. The molecule has 0 bridgehead atoms. The van der Waals surface area contributed by atoms with Crippen LogP contribution in [0, 0.1) is 19.8 Å². The number of hydrogen-bond donors (Lipinski definition) is 0. The number of piperidine rings is 1. The van der Waals surface area contributed by atoms with Gasteiger partial charge in [0.05, 0.1) is 6.42 Å². The monoisotopic (exact) mass is 426 g/mol. The highest BCUT2D eigenvalue weighted by atomic mass is 16.2. The maximum Gasteiger partial charge on any atom is 0.227 e. The fourth-order valence-electron chi connectivity index (χ4n) is 5.63. The van der Waals surface area contributed by atoms with Crippen LogP contribution in [0.25, 0.3) is 0 Å². The lowest BCUT2D eigenvalue weighted by atomic mass is 9.95. The van der Waals surface area contributed by atoms with E-state index in [1.807, 2.05) is 23.6 Å². The molecule has 3 aliphatic rings. The van der Waals surface area contributed by atoms with E-state index < -0.39 is 0 Å². The highest BCUT2D eigenvalue weighted by molar-refractivity contribution is 5.79. The Balaban J connectivity index is 1.37. The standard InChI is InChI=1S/C25H38N4O2/c1-18-22(16-24(31)28-13-5-6-14-28)19(2)27-25(26-18)21-10-7-15-29(17-21)23(30)12-11-20-8-3-4-9-20/h20-21H,3-17H2,1-2H3/t21-/m1/s1. The Morgan fingerprint density at radius 3 is 2.16 bits per heavy atom. The third-order valence-electron chi connectivity index (χ3n) is 7.61. The zero-order valence-corrected chi connectivity index (χ0v) is 19.4. The van der Waals surface area contributed by atoms with Crippen LogP contribution >= 0.6 is 0 Å². The van der Waals surface area contributed by atoms with Crippen LogP contribution in [0.3, 0.4) is 0 Å². The second kappa shape index (κ2) is 10.1. The Kier molecular flexibility index (Phi) is 7.24. The van der Waals surface area contributed by atoms with Gasteiger partial charge in [-0.15, -0.1) is 0 Å². The molecule has 0 spiro atoms. The number of carbonyl (C=O) groups excluding carboxylic acids is 2. The number of carbonyl (C=O) groups is 2. The summed E-state index contributed by atoms with van der Waals surface area (Å²) in [5, 5.41) is 0. The predicted molar refractivity (Wildman–Crippen MR) is 121 cm³/mol. The number of rotatable bonds is 6. The summed E-state index contributed by atoms with van der Waals surface area (Å²) in [5.74, 6) is 2.30. The minimum atomic E-state index is 0.191. The summed E-state index contributed by atoms with van der Waals surface area (Å²) in [6.07, 6.45) is 11.7. The molecular formula is C25H38N4O2. The van der Waals surface area contributed by atoms with Gasteiger partial charge in [-0.1, -0.05) is 25.7 Å². The fourth-order valence-corrected chi connectivity index (χ4v) is 5.63. The van der Waals surface area contributed by atoms with Gasteiger partial charge in [-0.3, -0.25) is 9.59 Å². The minimum absolute atomic E-state index is 0.191. The Hall–Kier alpha value is -1.98. The van der Waals surface area contributed by atoms with E-state index in [9.17, 15) is 9.59 Å². The summed E-state index contributed by atoms with van der Waals surface area (Å²) < 4.78 is 0. The van der Waals surface area contributed by atoms with Crippen molar-refractivity contribution >= 4 is 11.8 Å². The molecule has 1 aliphatic carbocycles. The molecule has 1 saturated carbocycles. The van der Waals surface area contributed by atoms with Crippen LogP contribution in [-0.4, -0.2) is 57.8 Å². The van der Waals surface area contributed by atoms with Gasteiger partial charge in [-0.05, 0) is 51.9 Å². The van der Waals surface area contributed by atoms with Crippen molar-refractivity contribution in [1.29, 1.82) is 0 Å². The first-order chi connectivity index (χ1) is 15.0. The molecule has 3 fully saturated rings. The first-order valence-corrected chi connectivity index (χ1v) is 12.4. The van der Waals surface area contributed by atoms with Gasteiger partial charge in [0, 0.05) is 55.5 Å². The van der Waals surface area contributed by atoms with E-state index in [2.05, 4.69) is 0 Å². The third-order valence-corrected chi connectivity index (χ3v) is 7.61. The number of hydrogen-bond acceptors (Lipinski definition) is 4. The molecule has 170 valence electrons. The lowest BCUT2D eigenvalue weighted by Gasteiger charge is -2.32. The summed E-state index contributed by atoms with van der Waals surface area (Å²) in [6, 6.07) is 0.